The first-order valence-electron chi connectivity index (χ1n) is 3.70. The molecule has 6 N–H and O–H groups in total. The normalized spacial score (nSPS) is 12.4. The van der Waals surface area contributed by atoms with Crippen molar-refractivity contribution in [2.24, 2.45) is 5.73 Å². The maximum atomic E-state index is 10.6. The first-order valence-corrected chi connectivity index (χ1v) is 4.78. The highest BCUT2D eigenvalue weighted by Crippen LogP contribution is 2.32. The summed E-state index contributed by atoms with van der Waals surface area (Å²) in [5, 5.41) is 18.2. The van der Waals surface area contributed by atoms with Crippen LogP contribution in [0, 0.1) is 3.57 Å². The van der Waals surface area contributed by atoms with Gasteiger partial charge >= 0.3 is 5.97 Å². The second-order valence-corrected chi connectivity index (χ2v) is 3.88. The molecule has 6 heteroatoms. The lowest BCUT2D eigenvalue weighted by atomic mass is 10.1. The van der Waals surface area contributed by atoms with Gasteiger partial charge in [-0.05, 0) is 28.7 Å². The molecule has 1 aromatic carbocycles. The molecule has 0 unspecified atom stereocenters. The van der Waals surface area contributed by atoms with Crippen LogP contribution in [0.1, 0.15) is 11.6 Å². The zero-order valence-electron chi connectivity index (χ0n) is 7.07. The van der Waals surface area contributed by atoms with E-state index in [9.17, 15) is 9.90 Å². The van der Waals surface area contributed by atoms with Gasteiger partial charge in [-0.3, -0.25) is 4.79 Å². The highest BCUT2D eigenvalue weighted by atomic mass is 127. The van der Waals surface area contributed by atoms with Crippen LogP contribution >= 0.6 is 22.6 Å². The highest BCUT2D eigenvalue weighted by molar-refractivity contribution is 14.1. The van der Waals surface area contributed by atoms with Gasteiger partial charge in [0, 0.05) is 9.13 Å². The molecule has 76 valence electrons. The molecule has 0 aromatic heterocycles. The van der Waals surface area contributed by atoms with E-state index in [1.54, 1.807) is 6.07 Å². The van der Waals surface area contributed by atoms with Crippen LogP contribution in [0.5, 0.6) is 5.75 Å². The molecule has 0 aliphatic rings. The van der Waals surface area contributed by atoms with Crippen molar-refractivity contribution in [2.75, 3.05) is 5.73 Å². The number of phenols is 1. The van der Waals surface area contributed by atoms with Crippen molar-refractivity contribution in [3.63, 3.8) is 0 Å². The van der Waals surface area contributed by atoms with Gasteiger partial charge in [-0.1, -0.05) is 6.07 Å². The predicted octanol–water partition coefficient (Wildman–Crippen LogP) is 0.663. The number of aromatic hydroxyl groups is 1. The van der Waals surface area contributed by atoms with Crippen LogP contribution in [0.3, 0.4) is 0 Å². The summed E-state index contributed by atoms with van der Waals surface area (Å²) in [5.74, 6) is -1.47. The summed E-state index contributed by atoms with van der Waals surface area (Å²) in [5.41, 5.74) is 11.1. The number of phenolic OH excluding ortho intramolecular Hbond substituents is 1. The Kier molecular flexibility index (Phi) is 3.17. The minimum absolute atomic E-state index is 0.121. The van der Waals surface area contributed by atoms with Crippen LogP contribution in [0.2, 0.25) is 0 Å². The van der Waals surface area contributed by atoms with E-state index >= 15 is 0 Å². The summed E-state index contributed by atoms with van der Waals surface area (Å²) in [6.07, 6.45) is 0. The molecule has 0 fully saturated rings. The molecule has 1 rings (SSSR count). The Labute approximate surface area is 93.9 Å². The molecular weight excluding hydrogens is 299 g/mol. The Bertz CT molecular complexity index is 381. The van der Waals surface area contributed by atoms with E-state index in [4.69, 9.17) is 16.6 Å². The van der Waals surface area contributed by atoms with Gasteiger partial charge in [-0.15, -0.1) is 0 Å². The number of carbonyl (C=O) groups is 1. The van der Waals surface area contributed by atoms with E-state index in [0.717, 1.165) is 0 Å². The van der Waals surface area contributed by atoms with Crippen molar-refractivity contribution >= 4 is 34.2 Å². The average molecular weight is 308 g/mol. The van der Waals surface area contributed by atoms with Crippen LogP contribution in [0.4, 0.5) is 5.69 Å². The third-order valence-electron chi connectivity index (χ3n) is 1.80. The van der Waals surface area contributed by atoms with E-state index < -0.39 is 12.0 Å². The molecule has 5 nitrogen and oxygen atoms in total. The fraction of sp³-hybridized carbons (Fsp3) is 0.125. The molecule has 0 heterocycles. The third kappa shape index (κ3) is 1.90. The molecule has 0 bridgehead atoms. The minimum atomic E-state index is -1.26. The van der Waals surface area contributed by atoms with Crippen LogP contribution in [-0.4, -0.2) is 16.2 Å². The SMILES string of the molecule is Nc1c(I)ccc([C@H](N)C(=O)O)c1O. The number of nitrogens with two attached hydrogens (primary N) is 2. The Balaban J connectivity index is 3.24. The number of anilines is 1. The number of hydrogen-bond acceptors (Lipinski definition) is 4. The molecule has 0 spiro atoms. The van der Waals surface area contributed by atoms with Crippen LogP contribution < -0.4 is 11.5 Å². The smallest absolute Gasteiger partial charge is 0.325 e. The molecule has 1 aromatic rings. The van der Waals surface area contributed by atoms with E-state index in [2.05, 4.69) is 0 Å². The van der Waals surface area contributed by atoms with Crippen molar-refractivity contribution in [3.05, 3.63) is 21.3 Å². The Hall–Kier alpha value is -1.02. The second-order valence-electron chi connectivity index (χ2n) is 2.71. The van der Waals surface area contributed by atoms with Gasteiger partial charge in [-0.25, -0.2) is 0 Å². The van der Waals surface area contributed by atoms with Crippen LogP contribution in [0.25, 0.3) is 0 Å². The summed E-state index contributed by atoms with van der Waals surface area (Å²) in [4.78, 5) is 10.6. The van der Waals surface area contributed by atoms with E-state index in [0.29, 0.717) is 3.57 Å². The molecule has 0 radical (unpaired) electrons. The lowest BCUT2D eigenvalue weighted by molar-refractivity contribution is -0.138. The van der Waals surface area contributed by atoms with Gasteiger partial charge < -0.3 is 21.7 Å². The van der Waals surface area contributed by atoms with Gasteiger partial charge in [0.2, 0.25) is 0 Å². The Morgan fingerprint density at radius 1 is 1.50 bits per heavy atom. The van der Waals surface area contributed by atoms with Crippen molar-refractivity contribution in [1.29, 1.82) is 0 Å². The van der Waals surface area contributed by atoms with Gasteiger partial charge in [0.25, 0.3) is 0 Å². The fourth-order valence-electron chi connectivity index (χ4n) is 0.984. The Morgan fingerprint density at radius 3 is 2.57 bits per heavy atom. The fourth-order valence-corrected chi connectivity index (χ4v) is 1.42. The number of aliphatic carboxylic acids is 1. The van der Waals surface area contributed by atoms with Crippen molar-refractivity contribution < 1.29 is 15.0 Å². The topological polar surface area (TPSA) is 110 Å². The summed E-state index contributed by atoms with van der Waals surface area (Å²) in [7, 11) is 0. The van der Waals surface area contributed by atoms with E-state index in [1.165, 1.54) is 6.07 Å². The molecule has 1 atom stereocenters. The second kappa shape index (κ2) is 4.01. The summed E-state index contributed by atoms with van der Waals surface area (Å²) < 4.78 is 0.654. The summed E-state index contributed by atoms with van der Waals surface area (Å²) in [6, 6.07) is 1.80. The monoisotopic (exact) mass is 308 g/mol. The first-order chi connectivity index (χ1) is 6.45. The molecule has 0 amide bonds. The number of rotatable bonds is 2. The summed E-state index contributed by atoms with van der Waals surface area (Å²) >= 11 is 1.93. The predicted molar refractivity (Wildman–Crippen MR) is 59.8 cm³/mol. The third-order valence-corrected chi connectivity index (χ3v) is 2.74. The molecule has 0 saturated carbocycles. The van der Waals surface area contributed by atoms with Crippen molar-refractivity contribution in [1.82, 2.24) is 0 Å². The lowest BCUT2D eigenvalue weighted by Gasteiger charge is -2.11. The molecule has 0 aliphatic heterocycles. The van der Waals surface area contributed by atoms with Gasteiger partial charge in [-0.2, -0.15) is 0 Å². The first kappa shape index (κ1) is 11.1. The number of carboxylic acid groups (broad SMARTS) is 1. The highest BCUT2D eigenvalue weighted by Gasteiger charge is 2.20. The molecule has 0 aliphatic carbocycles. The van der Waals surface area contributed by atoms with Gasteiger partial charge in [0.05, 0.1) is 5.69 Å². The lowest BCUT2D eigenvalue weighted by Crippen LogP contribution is -2.21. The van der Waals surface area contributed by atoms with E-state index in [1.807, 2.05) is 22.6 Å². The average Bonchev–Trinajstić information content (AvgIpc) is 2.13. The van der Waals surface area contributed by atoms with E-state index in [-0.39, 0.29) is 17.0 Å². The molecule has 0 saturated heterocycles. The number of carboxylic acids is 1. The molecular formula is C8H9IN2O3. The number of nitrogen functional groups attached to an aromatic ring is 1. The van der Waals surface area contributed by atoms with Gasteiger partial charge in [0.1, 0.15) is 11.8 Å². The number of halogens is 1. The van der Waals surface area contributed by atoms with Crippen molar-refractivity contribution in [3.8, 4) is 5.75 Å². The molecule has 14 heavy (non-hydrogen) atoms. The number of hydrogen-bond donors (Lipinski definition) is 4. The zero-order chi connectivity index (χ0) is 10.9. The quantitative estimate of drug-likeness (QED) is 0.364. The standard InChI is InChI=1S/C8H9IN2O3/c9-4-2-1-3(5(10)8(13)14)7(12)6(4)11/h1-2,5,12H,10-11H2,(H,13,14)/t5-/m0/s1. The van der Waals surface area contributed by atoms with Crippen LogP contribution in [-0.2, 0) is 4.79 Å². The maximum Gasteiger partial charge on any atom is 0.325 e. The Morgan fingerprint density at radius 2 is 2.07 bits per heavy atom. The number of benzene rings is 1. The maximum absolute atomic E-state index is 10.6. The van der Waals surface area contributed by atoms with Gasteiger partial charge in [0.15, 0.2) is 0 Å². The zero-order valence-corrected chi connectivity index (χ0v) is 9.22. The minimum Gasteiger partial charge on any atom is -0.505 e. The van der Waals surface area contributed by atoms with Crippen molar-refractivity contribution in [2.45, 2.75) is 6.04 Å². The van der Waals surface area contributed by atoms with Crippen LogP contribution in [0.15, 0.2) is 12.1 Å². The summed E-state index contributed by atoms with van der Waals surface area (Å²) in [6.45, 7) is 0. The largest absolute Gasteiger partial charge is 0.505 e.